The van der Waals surface area contributed by atoms with Gasteiger partial charge in [0.1, 0.15) is 11.4 Å². The summed E-state index contributed by atoms with van der Waals surface area (Å²) in [4.78, 5) is 12.1. The molecule has 1 atom stereocenters. The van der Waals surface area contributed by atoms with E-state index in [1.165, 1.54) is 0 Å². The smallest absolute Gasteiger partial charge is 0.347 e. The highest BCUT2D eigenvalue weighted by Crippen LogP contribution is 2.19. The molecule has 1 unspecified atom stereocenters. The topological polar surface area (TPSA) is 85.3 Å². The van der Waals surface area contributed by atoms with E-state index in [1.54, 1.807) is 37.3 Å². The number of ether oxygens (including phenoxy) is 2. The van der Waals surface area contributed by atoms with Crippen molar-refractivity contribution in [2.45, 2.75) is 19.6 Å². The summed E-state index contributed by atoms with van der Waals surface area (Å²) in [5, 5.41) is 12.7. The summed E-state index contributed by atoms with van der Waals surface area (Å²) >= 11 is 0. The molecule has 6 nitrogen and oxygen atoms in total. The van der Waals surface area contributed by atoms with E-state index >= 15 is 0 Å². The van der Waals surface area contributed by atoms with Gasteiger partial charge in [0.05, 0.1) is 11.6 Å². The van der Waals surface area contributed by atoms with Gasteiger partial charge in [-0.1, -0.05) is 35.5 Å². The molecule has 3 aromatic rings. The fourth-order valence-electron chi connectivity index (χ4n) is 2.25. The molecule has 0 radical (unpaired) electrons. The molecule has 1 aromatic heterocycles. The molecule has 6 heteroatoms. The van der Waals surface area contributed by atoms with E-state index in [4.69, 9.17) is 19.3 Å². The van der Waals surface area contributed by atoms with Crippen molar-refractivity contribution >= 4 is 5.97 Å². The van der Waals surface area contributed by atoms with E-state index < -0.39 is 12.1 Å². The molecule has 0 saturated heterocycles. The number of carbonyl (C=O) groups excluding carboxylic acids is 1. The van der Waals surface area contributed by atoms with E-state index in [2.05, 4.69) is 5.16 Å². The Morgan fingerprint density at radius 2 is 1.92 bits per heavy atom. The lowest BCUT2D eigenvalue weighted by Crippen LogP contribution is -2.25. The summed E-state index contributed by atoms with van der Waals surface area (Å²) < 4.78 is 15.9. The highest BCUT2D eigenvalue weighted by atomic mass is 16.6. The van der Waals surface area contributed by atoms with Gasteiger partial charge in [-0.3, -0.25) is 0 Å². The molecule has 0 spiro atoms. The minimum atomic E-state index is -0.792. The van der Waals surface area contributed by atoms with E-state index in [1.807, 2.05) is 36.4 Å². The fraction of sp³-hybridized carbons (Fsp3) is 0.150. The average molecular weight is 348 g/mol. The number of nitriles is 1. The molecule has 0 aliphatic heterocycles. The van der Waals surface area contributed by atoms with Gasteiger partial charge in [-0.25, -0.2) is 4.79 Å². The molecular weight excluding hydrogens is 332 g/mol. The molecule has 2 aromatic carbocycles. The summed E-state index contributed by atoms with van der Waals surface area (Å²) in [6, 6.07) is 19.8. The predicted octanol–water partition coefficient (Wildman–Crippen LogP) is 3.72. The van der Waals surface area contributed by atoms with Gasteiger partial charge >= 0.3 is 5.97 Å². The summed E-state index contributed by atoms with van der Waals surface area (Å²) in [6.45, 7) is 1.57. The Balaban J connectivity index is 1.53. The Kier molecular flexibility index (Phi) is 5.30. The van der Waals surface area contributed by atoms with Crippen molar-refractivity contribution in [2.24, 2.45) is 0 Å². The molecule has 0 fully saturated rings. The van der Waals surface area contributed by atoms with Crippen LogP contribution in [-0.2, 0) is 16.1 Å². The lowest BCUT2D eigenvalue weighted by molar-refractivity contribution is -0.153. The van der Waals surface area contributed by atoms with Crippen LogP contribution >= 0.6 is 0 Å². The minimum absolute atomic E-state index is 0.0280. The third-order valence-electron chi connectivity index (χ3n) is 3.61. The monoisotopic (exact) mass is 348 g/mol. The van der Waals surface area contributed by atoms with Crippen LogP contribution in [0.4, 0.5) is 0 Å². The standard InChI is InChI=1S/C20H16N2O4/c1-14(25-17-9-7-15(12-21)8-10-17)20(23)24-13-18-11-19(22-26-18)16-5-3-2-4-6-16/h2-11,14H,13H2,1H3. The van der Waals surface area contributed by atoms with Crippen molar-refractivity contribution in [1.82, 2.24) is 5.16 Å². The first-order valence-electron chi connectivity index (χ1n) is 8.00. The zero-order valence-corrected chi connectivity index (χ0v) is 14.1. The Bertz CT molecular complexity index is 911. The van der Waals surface area contributed by atoms with Crippen LogP contribution in [0.25, 0.3) is 11.3 Å². The first-order valence-corrected chi connectivity index (χ1v) is 8.00. The Morgan fingerprint density at radius 3 is 2.62 bits per heavy atom. The van der Waals surface area contributed by atoms with Gasteiger partial charge in [-0.05, 0) is 31.2 Å². The Morgan fingerprint density at radius 1 is 1.19 bits per heavy atom. The molecule has 26 heavy (non-hydrogen) atoms. The number of nitrogens with zero attached hydrogens (tertiary/aromatic N) is 2. The number of benzene rings is 2. The van der Waals surface area contributed by atoms with Crippen molar-refractivity contribution in [2.75, 3.05) is 0 Å². The van der Waals surface area contributed by atoms with Crippen LogP contribution in [0.3, 0.4) is 0 Å². The maximum absolute atomic E-state index is 12.1. The van der Waals surface area contributed by atoms with Gasteiger partial charge < -0.3 is 14.0 Å². The third kappa shape index (κ3) is 4.28. The number of carbonyl (C=O) groups is 1. The summed E-state index contributed by atoms with van der Waals surface area (Å²) in [5.41, 5.74) is 2.12. The first kappa shape index (κ1) is 17.2. The van der Waals surface area contributed by atoms with Crippen LogP contribution in [0, 0.1) is 11.3 Å². The molecule has 0 N–H and O–H groups in total. The first-order chi connectivity index (χ1) is 12.7. The number of hydrogen-bond acceptors (Lipinski definition) is 6. The molecule has 1 heterocycles. The number of esters is 1. The van der Waals surface area contributed by atoms with Gasteiger partial charge in [0.15, 0.2) is 18.5 Å². The lowest BCUT2D eigenvalue weighted by Gasteiger charge is -2.13. The van der Waals surface area contributed by atoms with Crippen molar-refractivity contribution < 1.29 is 18.8 Å². The SMILES string of the molecule is CC(Oc1ccc(C#N)cc1)C(=O)OCc1cc(-c2ccccc2)no1. The van der Waals surface area contributed by atoms with E-state index in [-0.39, 0.29) is 6.61 Å². The second-order valence-electron chi connectivity index (χ2n) is 5.55. The zero-order valence-electron chi connectivity index (χ0n) is 14.1. The number of rotatable bonds is 6. The maximum atomic E-state index is 12.1. The van der Waals surface area contributed by atoms with Crippen LogP contribution < -0.4 is 4.74 Å². The van der Waals surface area contributed by atoms with E-state index in [9.17, 15) is 4.79 Å². The lowest BCUT2D eigenvalue weighted by atomic mass is 10.1. The summed E-state index contributed by atoms with van der Waals surface area (Å²) in [5.74, 6) is 0.411. The molecule has 0 amide bonds. The molecular formula is C20H16N2O4. The summed E-state index contributed by atoms with van der Waals surface area (Å²) in [7, 11) is 0. The van der Waals surface area contributed by atoms with Crippen LogP contribution in [0.5, 0.6) is 5.75 Å². The zero-order chi connectivity index (χ0) is 18.4. The molecule has 0 saturated carbocycles. The highest BCUT2D eigenvalue weighted by molar-refractivity contribution is 5.74. The van der Waals surface area contributed by atoms with Crippen LogP contribution in [0.15, 0.2) is 65.2 Å². The van der Waals surface area contributed by atoms with Crippen molar-refractivity contribution in [3.05, 3.63) is 72.0 Å². The second-order valence-corrected chi connectivity index (χ2v) is 5.55. The van der Waals surface area contributed by atoms with E-state index in [0.29, 0.717) is 22.8 Å². The quantitative estimate of drug-likeness (QED) is 0.631. The molecule has 0 bridgehead atoms. The number of hydrogen-bond donors (Lipinski definition) is 0. The van der Waals surface area contributed by atoms with Crippen molar-refractivity contribution in [3.63, 3.8) is 0 Å². The van der Waals surface area contributed by atoms with Gasteiger partial charge in [-0.2, -0.15) is 5.26 Å². The molecule has 130 valence electrons. The van der Waals surface area contributed by atoms with Gasteiger partial charge in [0.2, 0.25) is 0 Å². The largest absolute Gasteiger partial charge is 0.479 e. The fourth-order valence-corrected chi connectivity index (χ4v) is 2.25. The molecule has 0 aliphatic carbocycles. The van der Waals surface area contributed by atoms with Crippen LogP contribution in [-0.4, -0.2) is 17.2 Å². The van der Waals surface area contributed by atoms with Gasteiger partial charge in [0.25, 0.3) is 0 Å². The van der Waals surface area contributed by atoms with Crippen LogP contribution in [0.2, 0.25) is 0 Å². The summed E-state index contributed by atoms with van der Waals surface area (Å²) in [6.07, 6.45) is -0.792. The predicted molar refractivity (Wildman–Crippen MR) is 93.0 cm³/mol. The average Bonchev–Trinajstić information content (AvgIpc) is 3.16. The van der Waals surface area contributed by atoms with Crippen LogP contribution in [0.1, 0.15) is 18.2 Å². The number of aromatic nitrogens is 1. The van der Waals surface area contributed by atoms with Crippen molar-refractivity contribution in [1.29, 1.82) is 5.26 Å². The third-order valence-corrected chi connectivity index (χ3v) is 3.61. The minimum Gasteiger partial charge on any atom is -0.479 e. The Labute approximate surface area is 150 Å². The normalized spacial score (nSPS) is 11.4. The highest BCUT2D eigenvalue weighted by Gasteiger charge is 2.17. The maximum Gasteiger partial charge on any atom is 0.347 e. The van der Waals surface area contributed by atoms with Gasteiger partial charge in [0, 0.05) is 11.6 Å². The molecule has 0 aliphatic rings. The van der Waals surface area contributed by atoms with Crippen molar-refractivity contribution in [3.8, 4) is 23.1 Å². The second kappa shape index (κ2) is 7.99. The Hall–Kier alpha value is -3.59. The van der Waals surface area contributed by atoms with E-state index in [0.717, 1.165) is 5.56 Å². The molecule has 3 rings (SSSR count). The van der Waals surface area contributed by atoms with Gasteiger partial charge in [-0.15, -0.1) is 0 Å².